The SMILES string of the molecule is CCN(C(=O)CCc1nccs1)[C@@H]1CCN(c2ccccc2)C1=O. The van der Waals surface area contributed by atoms with Crippen LogP contribution in [0.3, 0.4) is 0 Å². The molecule has 0 saturated carbocycles. The van der Waals surface area contributed by atoms with Gasteiger partial charge in [0.05, 0.1) is 5.01 Å². The number of anilines is 1. The number of rotatable bonds is 6. The van der Waals surface area contributed by atoms with Crippen LogP contribution in [-0.2, 0) is 16.0 Å². The number of benzene rings is 1. The molecule has 2 aromatic rings. The van der Waals surface area contributed by atoms with Gasteiger partial charge in [-0.1, -0.05) is 18.2 Å². The molecule has 1 aromatic carbocycles. The summed E-state index contributed by atoms with van der Waals surface area (Å²) >= 11 is 1.56. The first-order chi connectivity index (χ1) is 11.7. The van der Waals surface area contributed by atoms with E-state index >= 15 is 0 Å². The van der Waals surface area contributed by atoms with Crippen molar-refractivity contribution in [1.29, 1.82) is 0 Å². The number of hydrogen-bond acceptors (Lipinski definition) is 4. The van der Waals surface area contributed by atoms with Crippen molar-refractivity contribution in [2.75, 3.05) is 18.0 Å². The second-order valence-electron chi connectivity index (χ2n) is 5.74. The zero-order chi connectivity index (χ0) is 16.9. The fourth-order valence-electron chi connectivity index (χ4n) is 3.12. The molecular formula is C18H21N3O2S. The Morgan fingerprint density at radius 1 is 1.38 bits per heavy atom. The molecule has 2 amide bonds. The number of amides is 2. The minimum Gasteiger partial charge on any atom is -0.331 e. The van der Waals surface area contributed by atoms with Crippen LogP contribution in [0.25, 0.3) is 0 Å². The Labute approximate surface area is 145 Å². The lowest BCUT2D eigenvalue weighted by atomic mass is 10.2. The molecule has 2 heterocycles. The van der Waals surface area contributed by atoms with Crippen LogP contribution in [0.1, 0.15) is 24.8 Å². The van der Waals surface area contributed by atoms with E-state index in [-0.39, 0.29) is 17.9 Å². The normalized spacial score (nSPS) is 17.3. The van der Waals surface area contributed by atoms with E-state index in [4.69, 9.17) is 0 Å². The van der Waals surface area contributed by atoms with Crippen LogP contribution >= 0.6 is 11.3 Å². The van der Waals surface area contributed by atoms with Gasteiger partial charge < -0.3 is 9.80 Å². The van der Waals surface area contributed by atoms with E-state index in [1.807, 2.05) is 42.6 Å². The van der Waals surface area contributed by atoms with Crippen LogP contribution in [0.15, 0.2) is 41.9 Å². The molecule has 1 aliphatic rings. The molecule has 0 bridgehead atoms. The van der Waals surface area contributed by atoms with E-state index in [0.717, 1.165) is 10.7 Å². The van der Waals surface area contributed by atoms with E-state index in [9.17, 15) is 9.59 Å². The predicted octanol–water partition coefficient (Wildman–Crippen LogP) is 2.73. The van der Waals surface area contributed by atoms with Crippen molar-refractivity contribution in [3.05, 3.63) is 46.9 Å². The molecule has 0 N–H and O–H groups in total. The summed E-state index contributed by atoms with van der Waals surface area (Å²) in [6, 6.07) is 9.29. The Morgan fingerprint density at radius 2 is 2.17 bits per heavy atom. The average molecular weight is 343 g/mol. The number of para-hydroxylation sites is 1. The van der Waals surface area contributed by atoms with Gasteiger partial charge in [-0.3, -0.25) is 9.59 Å². The van der Waals surface area contributed by atoms with Gasteiger partial charge in [-0.25, -0.2) is 4.98 Å². The van der Waals surface area contributed by atoms with Crippen molar-refractivity contribution in [1.82, 2.24) is 9.88 Å². The summed E-state index contributed by atoms with van der Waals surface area (Å²) in [6.45, 7) is 3.14. The molecule has 0 spiro atoms. The minimum atomic E-state index is -0.348. The van der Waals surface area contributed by atoms with Crippen molar-refractivity contribution >= 4 is 28.8 Å². The number of thiazole rings is 1. The average Bonchev–Trinajstić information content (AvgIpc) is 3.25. The summed E-state index contributed by atoms with van der Waals surface area (Å²) in [5, 5.41) is 2.87. The second-order valence-corrected chi connectivity index (χ2v) is 6.71. The second kappa shape index (κ2) is 7.57. The highest BCUT2D eigenvalue weighted by atomic mass is 32.1. The topological polar surface area (TPSA) is 53.5 Å². The van der Waals surface area contributed by atoms with Crippen molar-refractivity contribution in [2.45, 2.75) is 32.2 Å². The van der Waals surface area contributed by atoms with E-state index in [0.29, 0.717) is 32.4 Å². The maximum Gasteiger partial charge on any atom is 0.249 e. The summed E-state index contributed by atoms with van der Waals surface area (Å²) < 4.78 is 0. The molecule has 126 valence electrons. The van der Waals surface area contributed by atoms with E-state index in [2.05, 4.69) is 4.98 Å². The summed E-state index contributed by atoms with van der Waals surface area (Å²) in [6.07, 6.45) is 3.47. The highest BCUT2D eigenvalue weighted by Gasteiger charge is 2.37. The number of carbonyl (C=O) groups excluding carboxylic acids is 2. The Balaban J connectivity index is 1.65. The fourth-order valence-corrected chi connectivity index (χ4v) is 3.74. The Hall–Kier alpha value is -2.21. The summed E-state index contributed by atoms with van der Waals surface area (Å²) in [7, 11) is 0. The number of carbonyl (C=O) groups is 2. The van der Waals surface area contributed by atoms with Crippen molar-refractivity contribution < 1.29 is 9.59 Å². The lowest BCUT2D eigenvalue weighted by Crippen LogP contribution is -2.45. The van der Waals surface area contributed by atoms with Gasteiger partial charge in [-0.2, -0.15) is 0 Å². The number of aromatic nitrogens is 1. The van der Waals surface area contributed by atoms with Gasteiger partial charge in [0.2, 0.25) is 11.8 Å². The molecule has 1 atom stereocenters. The third kappa shape index (κ3) is 3.48. The zero-order valence-electron chi connectivity index (χ0n) is 13.7. The monoisotopic (exact) mass is 343 g/mol. The summed E-state index contributed by atoms with van der Waals surface area (Å²) in [5.41, 5.74) is 0.899. The number of hydrogen-bond donors (Lipinski definition) is 0. The Morgan fingerprint density at radius 3 is 2.83 bits per heavy atom. The van der Waals surface area contributed by atoms with Gasteiger partial charge >= 0.3 is 0 Å². The highest BCUT2D eigenvalue weighted by Crippen LogP contribution is 2.24. The van der Waals surface area contributed by atoms with Crippen LogP contribution < -0.4 is 4.90 Å². The maximum absolute atomic E-state index is 12.8. The van der Waals surface area contributed by atoms with Gasteiger partial charge in [-0.15, -0.1) is 11.3 Å². The number of nitrogens with zero attached hydrogens (tertiary/aromatic N) is 3. The fraction of sp³-hybridized carbons (Fsp3) is 0.389. The number of aryl methyl sites for hydroxylation is 1. The van der Waals surface area contributed by atoms with Gasteiger partial charge in [0.25, 0.3) is 0 Å². The molecule has 6 heteroatoms. The molecular weight excluding hydrogens is 322 g/mol. The molecule has 0 unspecified atom stereocenters. The third-order valence-electron chi connectivity index (χ3n) is 4.32. The molecule has 5 nitrogen and oxygen atoms in total. The smallest absolute Gasteiger partial charge is 0.249 e. The number of likely N-dealkylation sites (N-methyl/N-ethyl adjacent to an activating group) is 1. The van der Waals surface area contributed by atoms with Crippen LogP contribution in [0, 0.1) is 0 Å². The van der Waals surface area contributed by atoms with E-state index < -0.39 is 0 Å². The Kier molecular flexibility index (Phi) is 5.25. The molecule has 1 fully saturated rings. The third-order valence-corrected chi connectivity index (χ3v) is 5.16. The standard InChI is InChI=1S/C18H21N3O2S/c1-2-20(17(22)9-8-16-19-11-13-24-16)15-10-12-21(18(15)23)14-6-4-3-5-7-14/h3-7,11,13,15H,2,8-10,12H2,1H3/t15-/m1/s1. The van der Waals surface area contributed by atoms with E-state index in [1.165, 1.54) is 0 Å². The van der Waals surface area contributed by atoms with Crippen molar-refractivity contribution in [3.63, 3.8) is 0 Å². The van der Waals surface area contributed by atoms with Gasteiger partial charge in [0, 0.05) is 43.2 Å². The lowest BCUT2D eigenvalue weighted by Gasteiger charge is -2.27. The van der Waals surface area contributed by atoms with Crippen molar-refractivity contribution in [3.8, 4) is 0 Å². The van der Waals surface area contributed by atoms with Crippen molar-refractivity contribution in [2.24, 2.45) is 0 Å². The lowest BCUT2D eigenvalue weighted by molar-refractivity contribution is -0.138. The first-order valence-electron chi connectivity index (χ1n) is 8.25. The van der Waals surface area contributed by atoms with Crippen LogP contribution in [0.2, 0.25) is 0 Å². The largest absolute Gasteiger partial charge is 0.331 e. The summed E-state index contributed by atoms with van der Waals surface area (Å²) in [5.74, 6) is 0.0478. The van der Waals surface area contributed by atoms with Crippen LogP contribution in [0.4, 0.5) is 5.69 Å². The molecule has 0 aliphatic carbocycles. The molecule has 1 saturated heterocycles. The molecule has 1 aromatic heterocycles. The van der Waals surface area contributed by atoms with Gasteiger partial charge in [-0.05, 0) is 25.5 Å². The molecule has 24 heavy (non-hydrogen) atoms. The van der Waals surface area contributed by atoms with Gasteiger partial charge in [0.15, 0.2) is 0 Å². The first-order valence-corrected chi connectivity index (χ1v) is 9.13. The summed E-state index contributed by atoms with van der Waals surface area (Å²) in [4.78, 5) is 33.1. The first kappa shape index (κ1) is 16.6. The van der Waals surface area contributed by atoms with Crippen LogP contribution in [-0.4, -0.2) is 40.8 Å². The molecule has 3 rings (SSSR count). The predicted molar refractivity (Wildman–Crippen MR) is 95.0 cm³/mol. The maximum atomic E-state index is 12.8. The quantitative estimate of drug-likeness (QED) is 0.810. The molecule has 1 aliphatic heterocycles. The Bertz CT molecular complexity index is 688. The van der Waals surface area contributed by atoms with E-state index in [1.54, 1.807) is 27.3 Å². The van der Waals surface area contributed by atoms with Crippen LogP contribution in [0.5, 0.6) is 0 Å². The minimum absolute atomic E-state index is 0.0191. The van der Waals surface area contributed by atoms with Gasteiger partial charge in [0.1, 0.15) is 6.04 Å². The highest BCUT2D eigenvalue weighted by molar-refractivity contribution is 7.09. The zero-order valence-corrected chi connectivity index (χ0v) is 14.5. The molecule has 0 radical (unpaired) electrons.